The molecule has 3 aliphatic heterocycles. The number of rotatable bonds is 2. The van der Waals surface area contributed by atoms with Crippen LogP contribution in [-0.2, 0) is 6.18 Å². The second-order valence-electron chi connectivity index (χ2n) is 7.19. The van der Waals surface area contributed by atoms with Gasteiger partial charge in [-0.15, -0.1) is 0 Å². The summed E-state index contributed by atoms with van der Waals surface area (Å²) in [6.07, 6.45) is -0.710. The van der Waals surface area contributed by atoms with Crippen molar-refractivity contribution in [3.8, 4) is 0 Å². The Balaban J connectivity index is 1.34. The van der Waals surface area contributed by atoms with Crippen molar-refractivity contribution in [2.45, 2.75) is 19.1 Å². The summed E-state index contributed by atoms with van der Waals surface area (Å²) in [5.41, 5.74) is -0.666. The normalized spacial score (nSPS) is 21.7. The lowest BCUT2D eigenvalue weighted by Gasteiger charge is -2.37. The van der Waals surface area contributed by atoms with Gasteiger partial charge in [-0.25, -0.2) is 9.79 Å². The number of hydrogen-bond acceptors (Lipinski definition) is 5. The van der Waals surface area contributed by atoms with E-state index in [1.807, 2.05) is 11.0 Å². The first-order valence-corrected chi connectivity index (χ1v) is 9.38. The van der Waals surface area contributed by atoms with Gasteiger partial charge in [-0.2, -0.15) is 13.2 Å². The van der Waals surface area contributed by atoms with Crippen LogP contribution in [0, 0.1) is 0 Å². The van der Waals surface area contributed by atoms with E-state index in [4.69, 9.17) is 0 Å². The number of piperazine rings is 1. The van der Waals surface area contributed by atoms with Crippen LogP contribution in [0.4, 0.5) is 23.7 Å². The third kappa shape index (κ3) is 4.06. The quantitative estimate of drug-likeness (QED) is 0.822. The molecule has 2 amide bonds. The number of carbonyl (C=O) groups excluding carboxylic acids is 1. The zero-order chi connectivity index (χ0) is 20.6. The zero-order valence-corrected chi connectivity index (χ0v) is 15.9. The standard InChI is InChI=1S/C19H21F3N6O/c1-13-11-23-17-10-16(24-12-28(13)17)26-5-7-27(8-6-26)18(29)25-15-4-2-3-14(9-15)19(20,21)22/h2-4,9-10,12-13H,5-8,11H2,1H3,(H,25,29)/t13-/m0/s1. The molecule has 3 aliphatic rings. The van der Waals surface area contributed by atoms with Gasteiger partial charge in [0.2, 0.25) is 0 Å². The Hall–Kier alpha value is -3.04. The molecule has 7 nitrogen and oxygen atoms in total. The molecule has 1 aromatic carbocycles. The van der Waals surface area contributed by atoms with Crippen molar-refractivity contribution >= 4 is 23.9 Å². The van der Waals surface area contributed by atoms with E-state index in [-0.39, 0.29) is 5.69 Å². The van der Waals surface area contributed by atoms with Crippen molar-refractivity contribution in [2.75, 3.05) is 38.0 Å². The van der Waals surface area contributed by atoms with E-state index in [0.717, 1.165) is 30.3 Å². The molecule has 0 aliphatic carbocycles. The maximum atomic E-state index is 12.8. The van der Waals surface area contributed by atoms with Gasteiger partial charge >= 0.3 is 12.2 Å². The molecule has 1 fully saturated rings. The number of amides is 2. The third-order valence-corrected chi connectivity index (χ3v) is 5.16. The van der Waals surface area contributed by atoms with Gasteiger partial charge in [0.15, 0.2) is 0 Å². The van der Waals surface area contributed by atoms with E-state index in [1.165, 1.54) is 12.1 Å². The Labute approximate surface area is 166 Å². The lowest BCUT2D eigenvalue weighted by atomic mass is 10.2. The summed E-state index contributed by atoms with van der Waals surface area (Å²) >= 11 is 0. The topological polar surface area (TPSA) is 63.5 Å². The van der Waals surface area contributed by atoms with Crippen molar-refractivity contribution in [1.82, 2.24) is 14.7 Å². The molecule has 4 rings (SSSR count). The highest BCUT2D eigenvalue weighted by atomic mass is 19.4. The van der Waals surface area contributed by atoms with Crippen LogP contribution >= 0.6 is 0 Å². The molecule has 0 spiro atoms. The van der Waals surface area contributed by atoms with Crippen molar-refractivity contribution in [3.63, 3.8) is 0 Å². The molecular weight excluding hydrogens is 385 g/mol. The van der Waals surface area contributed by atoms with Crippen molar-refractivity contribution in [1.29, 1.82) is 0 Å². The van der Waals surface area contributed by atoms with E-state index >= 15 is 0 Å². The molecular formula is C19H21F3N6O. The highest BCUT2D eigenvalue weighted by molar-refractivity contribution is 6.03. The molecule has 154 valence electrons. The lowest BCUT2D eigenvalue weighted by molar-refractivity contribution is -0.137. The van der Waals surface area contributed by atoms with Gasteiger partial charge in [0.1, 0.15) is 11.7 Å². The molecule has 1 atom stereocenters. The number of nitrogens with zero attached hydrogens (tertiary/aromatic N) is 5. The predicted molar refractivity (Wildman–Crippen MR) is 104 cm³/mol. The van der Waals surface area contributed by atoms with E-state index in [2.05, 4.69) is 27.1 Å². The van der Waals surface area contributed by atoms with Crippen LogP contribution < -0.4 is 5.32 Å². The average molecular weight is 406 g/mol. The van der Waals surface area contributed by atoms with Crippen LogP contribution in [0.5, 0.6) is 0 Å². The molecule has 1 aromatic rings. The minimum Gasteiger partial charge on any atom is -0.353 e. The van der Waals surface area contributed by atoms with E-state index < -0.39 is 17.8 Å². The molecule has 0 saturated carbocycles. The molecule has 0 aromatic heterocycles. The number of nitrogens with one attached hydrogen (secondary N) is 1. The molecule has 1 N–H and O–H groups in total. The predicted octanol–water partition coefficient (Wildman–Crippen LogP) is 2.84. The number of carbonyl (C=O) groups is 1. The average Bonchev–Trinajstić information content (AvgIpc) is 3.08. The number of aliphatic imine (C=N–C) groups is 2. The highest BCUT2D eigenvalue weighted by Gasteiger charge is 2.31. The van der Waals surface area contributed by atoms with E-state index in [9.17, 15) is 18.0 Å². The van der Waals surface area contributed by atoms with Crippen molar-refractivity contribution < 1.29 is 18.0 Å². The highest BCUT2D eigenvalue weighted by Crippen LogP contribution is 2.30. The summed E-state index contributed by atoms with van der Waals surface area (Å²) in [4.78, 5) is 27.1. The van der Waals surface area contributed by atoms with Crippen molar-refractivity contribution in [3.05, 3.63) is 41.7 Å². The number of benzene rings is 1. The summed E-state index contributed by atoms with van der Waals surface area (Å²) in [6, 6.07) is 4.53. The Morgan fingerprint density at radius 3 is 2.69 bits per heavy atom. The molecule has 10 heteroatoms. The lowest BCUT2D eigenvalue weighted by Crippen LogP contribution is -2.50. The van der Waals surface area contributed by atoms with Gasteiger partial charge in [-0.1, -0.05) is 6.07 Å². The smallest absolute Gasteiger partial charge is 0.353 e. The maximum absolute atomic E-state index is 12.8. The first-order chi connectivity index (χ1) is 13.8. The third-order valence-electron chi connectivity index (χ3n) is 5.16. The summed E-state index contributed by atoms with van der Waals surface area (Å²) in [7, 11) is 0. The molecule has 0 bridgehead atoms. The molecule has 0 unspecified atom stereocenters. The van der Waals surface area contributed by atoms with Crippen LogP contribution in [0.1, 0.15) is 12.5 Å². The van der Waals surface area contributed by atoms with Crippen LogP contribution in [0.2, 0.25) is 0 Å². The van der Waals surface area contributed by atoms with Gasteiger partial charge in [-0.05, 0) is 25.1 Å². The summed E-state index contributed by atoms with van der Waals surface area (Å²) in [5, 5.41) is 2.55. The molecule has 1 saturated heterocycles. The first kappa shape index (κ1) is 19.3. The van der Waals surface area contributed by atoms with Crippen LogP contribution in [0.3, 0.4) is 0 Å². The molecule has 29 heavy (non-hydrogen) atoms. The van der Waals surface area contributed by atoms with Crippen LogP contribution in [0.25, 0.3) is 0 Å². The van der Waals surface area contributed by atoms with E-state index in [1.54, 1.807) is 11.2 Å². The summed E-state index contributed by atoms with van der Waals surface area (Å²) in [6.45, 7) is 4.90. The fourth-order valence-electron chi connectivity index (χ4n) is 3.48. The van der Waals surface area contributed by atoms with Gasteiger partial charge in [0, 0.05) is 37.9 Å². The SMILES string of the molecule is C[C@H]1CN=C2C=C(N3CCN(C(=O)Nc4cccc(C(F)(F)F)c4)CC3)N=CN21. The maximum Gasteiger partial charge on any atom is 0.416 e. The second kappa shape index (κ2) is 7.41. The van der Waals surface area contributed by atoms with Gasteiger partial charge in [-0.3, -0.25) is 4.99 Å². The van der Waals surface area contributed by atoms with Crippen LogP contribution in [0.15, 0.2) is 46.1 Å². The Morgan fingerprint density at radius 2 is 1.97 bits per heavy atom. The van der Waals surface area contributed by atoms with Crippen molar-refractivity contribution in [2.24, 2.45) is 9.98 Å². The number of amidine groups is 1. The summed E-state index contributed by atoms with van der Waals surface area (Å²) < 4.78 is 38.5. The van der Waals surface area contributed by atoms with Gasteiger partial charge in [0.05, 0.1) is 24.5 Å². The number of fused-ring (bicyclic) bond motifs is 1. The fraction of sp³-hybridized carbons (Fsp3) is 0.421. The minimum absolute atomic E-state index is 0.125. The summed E-state index contributed by atoms with van der Waals surface area (Å²) in [5.74, 6) is 1.71. The van der Waals surface area contributed by atoms with Gasteiger partial charge < -0.3 is 20.0 Å². The minimum atomic E-state index is -4.45. The molecule has 0 radical (unpaired) electrons. The number of alkyl halides is 3. The Kier molecular flexibility index (Phi) is 4.93. The second-order valence-corrected chi connectivity index (χ2v) is 7.19. The first-order valence-electron chi connectivity index (χ1n) is 9.38. The largest absolute Gasteiger partial charge is 0.416 e. The Morgan fingerprint density at radius 1 is 1.21 bits per heavy atom. The van der Waals surface area contributed by atoms with Crippen LogP contribution in [-0.4, -0.2) is 71.7 Å². The number of anilines is 1. The number of hydrogen-bond donors (Lipinski definition) is 1. The fourth-order valence-corrected chi connectivity index (χ4v) is 3.48. The molecule has 3 heterocycles. The zero-order valence-electron chi connectivity index (χ0n) is 15.9. The number of halogens is 3. The monoisotopic (exact) mass is 406 g/mol. The Bertz CT molecular complexity index is 886. The van der Waals surface area contributed by atoms with E-state index in [0.29, 0.717) is 32.2 Å². The number of urea groups is 1. The van der Waals surface area contributed by atoms with Gasteiger partial charge in [0.25, 0.3) is 0 Å².